The average Bonchev–Trinajstić information content (AvgIpc) is 2.21. The number of hydrogen-bond donors (Lipinski definition) is 1. The molecule has 0 amide bonds. The van der Waals surface area contributed by atoms with E-state index in [1.807, 2.05) is 6.92 Å². The largest absolute Gasteiger partial charge is 0.494 e. The van der Waals surface area contributed by atoms with Crippen LogP contribution in [0.2, 0.25) is 0 Å². The number of ether oxygens (including phenoxy) is 1. The molecule has 0 fully saturated rings. The predicted octanol–water partition coefficient (Wildman–Crippen LogP) is 1.56. The minimum Gasteiger partial charge on any atom is -0.494 e. The first kappa shape index (κ1) is 14.5. The summed E-state index contributed by atoms with van der Waals surface area (Å²) in [6.45, 7) is 5.67. The van der Waals surface area contributed by atoms with Crippen molar-refractivity contribution >= 4 is 15.8 Å². The predicted molar refractivity (Wildman–Crippen MR) is 66.8 cm³/mol. The van der Waals surface area contributed by atoms with Crippen molar-refractivity contribution in [2.45, 2.75) is 25.7 Å². The van der Waals surface area contributed by atoms with E-state index in [1.165, 1.54) is 6.07 Å². The van der Waals surface area contributed by atoms with E-state index in [0.717, 1.165) is 0 Å². The quantitative estimate of drug-likeness (QED) is 0.879. The molecule has 0 spiro atoms. The Labute approximate surface area is 106 Å². The second kappa shape index (κ2) is 5.39. The zero-order valence-electron chi connectivity index (χ0n) is 10.6. The highest BCUT2D eigenvalue weighted by molar-refractivity contribution is 7.92. The summed E-state index contributed by atoms with van der Waals surface area (Å²) in [5.41, 5.74) is 1.16. The Kier molecular flexibility index (Phi) is 4.34. The molecule has 0 atom stereocenters. The Hall–Kier alpha value is -1.56. The van der Waals surface area contributed by atoms with Crippen LogP contribution in [0.15, 0.2) is 17.0 Å². The van der Waals surface area contributed by atoms with Gasteiger partial charge in [0.2, 0.25) is 0 Å². The zero-order chi connectivity index (χ0) is 13.9. The van der Waals surface area contributed by atoms with E-state index < -0.39 is 21.6 Å². The van der Waals surface area contributed by atoms with E-state index in [1.54, 1.807) is 19.9 Å². The molecule has 0 aliphatic rings. The lowest BCUT2D eigenvalue weighted by Crippen LogP contribution is -2.16. The van der Waals surface area contributed by atoms with Gasteiger partial charge in [-0.25, -0.2) is 8.42 Å². The van der Waals surface area contributed by atoms with Gasteiger partial charge in [0.15, 0.2) is 15.6 Å². The fraction of sp³-hybridized carbons (Fsp3) is 0.417. The molecule has 0 unspecified atom stereocenters. The van der Waals surface area contributed by atoms with Crippen molar-refractivity contribution < 1.29 is 23.1 Å². The van der Waals surface area contributed by atoms with E-state index in [2.05, 4.69) is 0 Å². The van der Waals surface area contributed by atoms with Crippen LogP contribution in [0, 0.1) is 13.8 Å². The molecule has 1 aromatic carbocycles. The number of carboxylic acid groups (broad SMARTS) is 1. The van der Waals surface area contributed by atoms with Crippen LogP contribution in [0.25, 0.3) is 0 Å². The molecule has 0 aromatic heterocycles. The van der Waals surface area contributed by atoms with Crippen molar-refractivity contribution in [2.75, 3.05) is 12.4 Å². The van der Waals surface area contributed by atoms with Gasteiger partial charge in [0, 0.05) is 0 Å². The number of aryl methyl sites for hydroxylation is 2. The van der Waals surface area contributed by atoms with E-state index in [-0.39, 0.29) is 4.90 Å². The van der Waals surface area contributed by atoms with Crippen LogP contribution in [-0.2, 0) is 14.6 Å². The summed E-state index contributed by atoms with van der Waals surface area (Å²) in [5, 5.41) is 8.61. The Balaban J connectivity index is 3.27. The molecular formula is C12H16O5S. The topological polar surface area (TPSA) is 80.7 Å². The number of carbonyl (C=O) groups is 1. The number of carboxylic acids is 1. The second-order valence-corrected chi connectivity index (χ2v) is 5.93. The minimum atomic E-state index is -3.80. The normalized spacial score (nSPS) is 11.3. The zero-order valence-corrected chi connectivity index (χ0v) is 11.4. The maximum absolute atomic E-state index is 11.9. The molecule has 0 saturated carbocycles. The molecule has 5 nitrogen and oxygen atoms in total. The molecule has 0 aliphatic carbocycles. The van der Waals surface area contributed by atoms with Crippen molar-refractivity contribution in [3.8, 4) is 5.75 Å². The highest BCUT2D eigenvalue weighted by Gasteiger charge is 2.22. The molecule has 100 valence electrons. The molecular weight excluding hydrogens is 256 g/mol. The van der Waals surface area contributed by atoms with E-state index >= 15 is 0 Å². The molecule has 0 saturated heterocycles. The lowest BCUT2D eigenvalue weighted by Gasteiger charge is -2.12. The molecule has 0 heterocycles. The standard InChI is InChI=1S/C12H16O5S/c1-4-17-10-5-9(3)11(6-8(10)2)18(15,16)7-12(13)14/h5-6H,4,7H2,1-3H3,(H,13,14). The van der Waals surface area contributed by atoms with Crippen LogP contribution in [0.3, 0.4) is 0 Å². The lowest BCUT2D eigenvalue weighted by atomic mass is 10.1. The summed E-state index contributed by atoms with van der Waals surface area (Å²) >= 11 is 0. The Bertz CT molecular complexity index is 560. The number of sulfone groups is 1. The van der Waals surface area contributed by atoms with Gasteiger partial charge in [0.25, 0.3) is 0 Å². The van der Waals surface area contributed by atoms with Crippen molar-refractivity contribution in [3.05, 3.63) is 23.3 Å². The van der Waals surface area contributed by atoms with E-state index in [9.17, 15) is 13.2 Å². The third-order valence-electron chi connectivity index (χ3n) is 2.42. The smallest absolute Gasteiger partial charge is 0.319 e. The summed E-state index contributed by atoms with van der Waals surface area (Å²) < 4.78 is 29.1. The molecule has 18 heavy (non-hydrogen) atoms. The van der Waals surface area contributed by atoms with Gasteiger partial charge in [-0.15, -0.1) is 0 Å². The number of hydrogen-bond acceptors (Lipinski definition) is 4. The molecule has 0 bridgehead atoms. The van der Waals surface area contributed by atoms with Crippen LogP contribution in [0.1, 0.15) is 18.1 Å². The van der Waals surface area contributed by atoms with Gasteiger partial charge in [-0.2, -0.15) is 0 Å². The summed E-state index contributed by atoms with van der Waals surface area (Å²) in [5.74, 6) is -1.65. The fourth-order valence-corrected chi connectivity index (χ4v) is 3.04. The number of rotatable bonds is 5. The Morgan fingerprint density at radius 3 is 2.39 bits per heavy atom. The molecule has 0 radical (unpaired) electrons. The van der Waals surface area contributed by atoms with E-state index in [4.69, 9.17) is 9.84 Å². The van der Waals surface area contributed by atoms with Crippen LogP contribution < -0.4 is 4.74 Å². The van der Waals surface area contributed by atoms with Gasteiger partial charge in [-0.3, -0.25) is 4.79 Å². The van der Waals surface area contributed by atoms with E-state index in [0.29, 0.717) is 23.5 Å². The van der Waals surface area contributed by atoms with Gasteiger partial charge >= 0.3 is 5.97 Å². The maximum atomic E-state index is 11.9. The monoisotopic (exact) mass is 272 g/mol. The summed E-state index contributed by atoms with van der Waals surface area (Å²) in [4.78, 5) is 10.6. The Morgan fingerprint density at radius 2 is 1.89 bits per heavy atom. The minimum absolute atomic E-state index is 0.0471. The Morgan fingerprint density at radius 1 is 1.28 bits per heavy atom. The maximum Gasteiger partial charge on any atom is 0.319 e. The first-order chi connectivity index (χ1) is 8.27. The number of benzene rings is 1. The summed E-state index contributed by atoms with van der Waals surface area (Å²) in [6, 6.07) is 3.08. The highest BCUT2D eigenvalue weighted by Crippen LogP contribution is 2.26. The third kappa shape index (κ3) is 3.22. The van der Waals surface area contributed by atoms with Gasteiger partial charge in [0.05, 0.1) is 11.5 Å². The van der Waals surface area contributed by atoms with Gasteiger partial charge < -0.3 is 9.84 Å². The van der Waals surface area contributed by atoms with Gasteiger partial charge in [0.1, 0.15) is 5.75 Å². The summed E-state index contributed by atoms with van der Waals surface area (Å²) in [7, 11) is -3.80. The fourth-order valence-electron chi connectivity index (χ4n) is 1.65. The van der Waals surface area contributed by atoms with Crippen LogP contribution in [0.5, 0.6) is 5.75 Å². The lowest BCUT2D eigenvalue weighted by molar-refractivity contribution is -0.134. The highest BCUT2D eigenvalue weighted by atomic mass is 32.2. The van der Waals surface area contributed by atoms with Crippen molar-refractivity contribution in [2.24, 2.45) is 0 Å². The third-order valence-corrected chi connectivity index (χ3v) is 4.16. The summed E-state index contributed by atoms with van der Waals surface area (Å²) in [6.07, 6.45) is 0. The first-order valence-corrected chi connectivity index (χ1v) is 7.11. The molecule has 6 heteroatoms. The van der Waals surface area contributed by atoms with Crippen molar-refractivity contribution in [3.63, 3.8) is 0 Å². The molecule has 0 aliphatic heterocycles. The average molecular weight is 272 g/mol. The van der Waals surface area contributed by atoms with Gasteiger partial charge in [-0.05, 0) is 44.0 Å². The van der Waals surface area contributed by atoms with Crippen LogP contribution in [-0.4, -0.2) is 31.9 Å². The molecule has 1 aromatic rings. The van der Waals surface area contributed by atoms with Crippen LogP contribution in [0.4, 0.5) is 0 Å². The van der Waals surface area contributed by atoms with Crippen molar-refractivity contribution in [1.82, 2.24) is 0 Å². The second-order valence-electron chi connectivity index (χ2n) is 3.97. The first-order valence-electron chi connectivity index (χ1n) is 5.46. The van der Waals surface area contributed by atoms with Gasteiger partial charge in [-0.1, -0.05) is 0 Å². The molecule has 1 N–H and O–H groups in total. The van der Waals surface area contributed by atoms with Crippen molar-refractivity contribution in [1.29, 1.82) is 0 Å². The SMILES string of the molecule is CCOc1cc(C)c(S(=O)(=O)CC(=O)O)cc1C. The molecule has 1 rings (SSSR count). The van der Waals surface area contributed by atoms with Crippen LogP contribution >= 0.6 is 0 Å². The number of aliphatic carboxylic acids is 1.